The van der Waals surface area contributed by atoms with Crippen LogP contribution in [0.15, 0.2) is 72.9 Å². The molecule has 1 aromatic heterocycles. The van der Waals surface area contributed by atoms with Crippen LogP contribution in [0.5, 0.6) is 0 Å². The molecule has 42 heavy (non-hydrogen) atoms. The number of benzene rings is 3. The molecule has 9 nitrogen and oxygen atoms in total. The first kappa shape index (κ1) is 29.2. The van der Waals surface area contributed by atoms with Gasteiger partial charge in [-0.15, -0.1) is 0 Å². The van der Waals surface area contributed by atoms with Crippen molar-refractivity contribution in [3.63, 3.8) is 0 Å². The van der Waals surface area contributed by atoms with Crippen LogP contribution >= 0.6 is 11.6 Å². The number of halogens is 3. The fourth-order valence-corrected chi connectivity index (χ4v) is 5.48. The van der Waals surface area contributed by atoms with E-state index in [4.69, 9.17) is 16.3 Å². The van der Waals surface area contributed by atoms with Gasteiger partial charge in [0.15, 0.2) is 11.6 Å². The van der Waals surface area contributed by atoms with E-state index in [0.717, 1.165) is 17.1 Å². The fourth-order valence-electron chi connectivity index (χ4n) is 4.66. The number of anilines is 1. The zero-order valence-electron chi connectivity index (χ0n) is 22.4. The van der Waals surface area contributed by atoms with Gasteiger partial charge in [-0.2, -0.15) is 5.10 Å². The number of sulfonamides is 1. The number of nitrogens with one attached hydrogen (secondary N) is 2. The predicted molar refractivity (Wildman–Crippen MR) is 153 cm³/mol. The fraction of sp³-hybridized carbons (Fsp3) is 0.207. The lowest BCUT2D eigenvalue weighted by Gasteiger charge is -2.16. The van der Waals surface area contributed by atoms with Crippen LogP contribution in [0.3, 0.4) is 0 Å². The molecule has 0 radical (unpaired) electrons. The zero-order chi connectivity index (χ0) is 30.2. The van der Waals surface area contributed by atoms with E-state index in [0.29, 0.717) is 40.2 Å². The molecule has 1 aliphatic carbocycles. The minimum Gasteiger partial charge on any atom is -0.441 e. The number of carbonyl (C=O) groups is 2. The van der Waals surface area contributed by atoms with Crippen molar-refractivity contribution in [2.75, 3.05) is 11.6 Å². The SMILES string of the molecule is CC(OC(=O)Nc1c(F)cnn1-c1ccc(-c2ccc(C3(C(=O)NS(C)(=O)=O)CC3)cc2F)cc1)c1ccccc1Cl. The molecule has 2 amide bonds. The average molecular weight is 615 g/mol. The van der Waals surface area contributed by atoms with Crippen molar-refractivity contribution in [1.82, 2.24) is 14.5 Å². The minimum atomic E-state index is -3.75. The van der Waals surface area contributed by atoms with E-state index < -0.39 is 45.2 Å². The Bertz CT molecular complexity index is 1790. The second kappa shape index (κ2) is 11.2. The van der Waals surface area contributed by atoms with Gasteiger partial charge in [0.1, 0.15) is 11.9 Å². The van der Waals surface area contributed by atoms with E-state index in [2.05, 4.69) is 10.4 Å². The van der Waals surface area contributed by atoms with E-state index in [-0.39, 0.29) is 11.4 Å². The minimum absolute atomic E-state index is 0.242. The first-order chi connectivity index (χ1) is 19.9. The summed E-state index contributed by atoms with van der Waals surface area (Å²) < 4.78 is 61.3. The van der Waals surface area contributed by atoms with Gasteiger partial charge < -0.3 is 4.74 Å². The highest BCUT2D eigenvalue weighted by molar-refractivity contribution is 7.89. The topological polar surface area (TPSA) is 119 Å². The van der Waals surface area contributed by atoms with Crippen LogP contribution in [0.2, 0.25) is 5.02 Å². The molecular formula is C29H25ClF2N4O5S. The van der Waals surface area contributed by atoms with E-state index in [1.165, 1.54) is 12.1 Å². The maximum Gasteiger partial charge on any atom is 0.413 e. The smallest absolute Gasteiger partial charge is 0.413 e. The van der Waals surface area contributed by atoms with Gasteiger partial charge in [0.05, 0.1) is 23.6 Å². The molecule has 1 atom stereocenters. The summed E-state index contributed by atoms with van der Waals surface area (Å²) in [6.45, 7) is 1.63. The second-order valence-corrected chi connectivity index (χ2v) is 12.1. The molecule has 0 saturated heterocycles. The van der Waals surface area contributed by atoms with Gasteiger partial charge in [-0.1, -0.05) is 54.1 Å². The van der Waals surface area contributed by atoms with E-state index in [1.54, 1.807) is 61.5 Å². The number of hydrogen-bond donors (Lipinski definition) is 2. The number of amides is 2. The molecule has 3 aromatic carbocycles. The Morgan fingerprint density at radius 1 is 1.05 bits per heavy atom. The molecule has 0 spiro atoms. The lowest BCUT2D eigenvalue weighted by molar-refractivity contribution is -0.121. The molecule has 1 aliphatic rings. The van der Waals surface area contributed by atoms with Crippen LogP contribution in [-0.2, 0) is 25.0 Å². The lowest BCUT2D eigenvalue weighted by atomic mass is 9.92. The van der Waals surface area contributed by atoms with Crippen molar-refractivity contribution in [3.05, 3.63) is 101 Å². The molecule has 1 saturated carbocycles. The van der Waals surface area contributed by atoms with Gasteiger partial charge in [-0.3, -0.25) is 14.8 Å². The first-order valence-corrected chi connectivity index (χ1v) is 15.0. The molecule has 1 heterocycles. The third-order valence-electron chi connectivity index (χ3n) is 6.98. The van der Waals surface area contributed by atoms with Crippen molar-refractivity contribution in [3.8, 4) is 16.8 Å². The van der Waals surface area contributed by atoms with Gasteiger partial charge in [0.2, 0.25) is 15.9 Å². The maximum absolute atomic E-state index is 15.2. The molecular weight excluding hydrogens is 590 g/mol. The Morgan fingerprint density at radius 3 is 2.36 bits per heavy atom. The highest BCUT2D eigenvalue weighted by Crippen LogP contribution is 2.49. The Hall–Kier alpha value is -4.29. The van der Waals surface area contributed by atoms with Crippen molar-refractivity contribution < 1.29 is 31.5 Å². The molecule has 2 N–H and O–H groups in total. The van der Waals surface area contributed by atoms with Gasteiger partial charge in [-0.25, -0.2) is 26.7 Å². The summed E-state index contributed by atoms with van der Waals surface area (Å²) in [5.41, 5.74) is 1.01. The summed E-state index contributed by atoms with van der Waals surface area (Å²) in [6.07, 6.45) is 1.02. The van der Waals surface area contributed by atoms with Crippen molar-refractivity contribution >= 4 is 39.4 Å². The summed E-state index contributed by atoms with van der Waals surface area (Å²) in [4.78, 5) is 25.1. The van der Waals surface area contributed by atoms with Crippen LogP contribution in [-0.4, -0.2) is 36.5 Å². The molecule has 0 aliphatic heterocycles. The zero-order valence-corrected chi connectivity index (χ0v) is 24.0. The van der Waals surface area contributed by atoms with Gasteiger partial charge in [0, 0.05) is 16.1 Å². The Morgan fingerprint density at radius 2 is 1.74 bits per heavy atom. The normalized spacial score (nSPS) is 14.6. The van der Waals surface area contributed by atoms with Gasteiger partial charge in [0.25, 0.3) is 0 Å². The van der Waals surface area contributed by atoms with Crippen LogP contribution in [0.1, 0.15) is 37.0 Å². The highest BCUT2D eigenvalue weighted by Gasteiger charge is 2.52. The second-order valence-electron chi connectivity index (χ2n) is 9.97. The van der Waals surface area contributed by atoms with E-state index in [1.807, 2.05) is 4.72 Å². The number of carbonyl (C=O) groups excluding carboxylic acids is 2. The van der Waals surface area contributed by atoms with Crippen molar-refractivity contribution in [1.29, 1.82) is 0 Å². The third-order valence-corrected chi connectivity index (χ3v) is 7.88. The van der Waals surface area contributed by atoms with Crippen molar-refractivity contribution in [2.24, 2.45) is 0 Å². The molecule has 4 aromatic rings. The number of hydrogen-bond acceptors (Lipinski definition) is 6. The molecule has 1 fully saturated rings. The monoisotopic (exact) mass is 614 g/mol. The summed E-state index contributed by atoms with van der Waals surface area (Å²) in [5.74, 6) is -2.32. The lowest BCUT2D eigenvalue weighted by Crippen LogP contribution is -2.38. The standard InChI is InChI=1S/C29H25ClF2N4O5S/c1-17(21-5-3-4-6-23(21)30)41-28(38)34-26-25(32)16-33-36(26)20-10-7-18(8-11-20)22-12-9-19(15-24(22)31)29(13-14-29)27(37)35-42(2,39)40/h3-12,15-17H,13-14H2,1-2H3,(H,34,38)(H,35,37). The number of nitrogens with zero attached hydrogens (tertiary/aromatic N) is 2. The Kier molecular flexibility index (Phi) is 7.78. The highest BCUT2D eigenvalue weighted by atomic mass is 35.5. The molecule has 1 unspecified atom stereocenters. The summed E-state index contributed by atoms with van der Waals surface area (Å²) >= 11 is 6.16. The maximum atomic E-state index is 15.2. The van der Waals surface area contributed by atoms with Crippen LogP contribution in [0.4, 0.5) is 19.4 Å². The molecule has 218 valence electrons. The summed E-state index contributed by atoms with van der Waals surface area (Å²) in [7, 11) is -3.75. The van der Waals surface area contributed by atoms with Gasteiger partial charge >= 0.3 is 6.09 Å². The third kappa shape index (κ3) is 6.00. The molecule has 5 rings (SSSR count). The summed E-state index contributed by atoms with van der Waals surface area (Å²) in [6, 6.07) is 17.6. The number of rotatable bonds is 8. The van der Waals surface area contributed by atoms with Crippen LogP contribution < -0.4 is 10.0 Å². The predicted octanol–water partition coefficient (Wildman–Crippen LogP) is 5.89. The van der Waals surface area contributed by atoms with Gasteiger partial charge in [-0.05, 0) is 55.2 Å². The Labute approximate surface area is 245 Å². The number of aromatic nitrogens is 2. The van der Waals surface area contributed by atoms with Crippen molar-refractivity contribution in [2.45, 2.75) is 31.3 Å². The largest absolute Gasteiger partial charge is 0.441 e. The van der Waals surface area contributed by atoms with E-state index in [9.17, 15) is 22.4 Å². The average Bonchev–Trinajstić information content (AvgIpc) is 3.67. The van der Waals surface area contributed by atoms with Crippen LogP contribution in [0.25, 0.3) is 16.8 Å². The van der Waals surface area contributed by atoms with Crippen LogP contribution in [0, 0.1) is 11.6 Å². The first-order valence-electron chi connectivity index (χ1n) is 12.8. The molecule has 13 heteroatoms. The Balaban J connectivity index is 1.32. The summed E-state index contributed by atoms with van der Waals surface area (Å²) in [5, 5.41) is 6.79. The number of ether oxygens (including phenoxy) is 1. The quantitative estimate of drug-likeness (QED) is 0.256. The van der Waals surface area contributed by atoms with E-state index >= 15 is 4.39 Å². The molecule has 0 bridgehead atoms.